The molecule has 0 saturated carbocycles. The number of thiophene rings is 1. The molecule has 0 spiro atoms. The van der Waals surface area contributed by atoms with Crippen molar-refractivity contribution in [2.24, 2.45) is 0 Å². The second-order valence-electron chi connectivity index (χ2n) is 6.32. The summed E-state index contributed by atoms with van der Waals surface area (Å²) in [7, 11) is 0. The van der Waals surface area contributed by atoms with Crippen molar-refractivity contribution in [1.82, 2.24) is 4.90 Å². The zero-order valence-electron chi connectivity index (χ0n) is 14.7. The number of hydrogen-bond donors (Lipinski definition) is 0. The first-order valence-corrected chi connectivity index (χ1v) is 9.66. The predicted molar refractivity (Wildman–Crippen MR) is 108 cm³/mol. The Hall–Kier alpha value is -3.11. The van der Waals surface area contributed by atoms with Gasteiger partial charge >= 0.3 is 0 Å². The minimum absolute atomic E-state index is 0.0178. The molecule has 4 aromatic rings. The zero-order chi connectivity index (χ0) is 18.5. The molecular weight excluding hydrogens is 354 g/mol. The van der Waals surface area contributed by atoms with Crippen LogP contribution in [0.25, 0.3) is 11.1 Å². The molecule has 0 radical (unpaired) electrons. The summed E-state index contributed by atoms with van der Waals surface area (Å²) >= 11 is 1.66. The first-order valence-electron chi connectivity index (χ1n) is 8.78. The van der Waals surface area contributed by atoms with Gasteiger partial charge in [-0.2, -0.15) is 0 Å². The molecule has 4 heteroatoms. The van der Waals surface area contributed by atoms with E-state index in [1.165, 1.54) is 0 Å². The van der Waals surface area contributed by atoms with E-state index in [0.29, 0.717) is 18.7 Å². The first kappa shape index (κ1) is 17.3. The summed E-state index contributed by atoms with van der Waals surface area (Å²) in [5.41, 5.74) is 3.92. The summed E-state index contributed by atoms with van der Waals surface area (Å²) in [5.74, 6) is 0.0178. The number of rotatable bonds is 6. The van der Waals surface area contributed by atoms with E-state index in [4.69, 9.17) is 4.42 Å². The highest BCUT2D eigenvalue weighted by atomic mass is 32.1. The van der Waals surface area contributed by atoms with Gasteiger partial charge in [-0.3, -0.25) is 4.79 Å². The summed E-state index contributed by atoms with van der Waals surface area (Å²) in [5, 5.41) is 2.03. The normalized spacial score (nSPS) is 10.7. The van der Waals surface area contributed by atoms with Gasteiger partial charge in [-0.05, 0) is 40.8 Å². The van der Waals surface area contributed by atoms with Crippen LogP contribution in [0.5, 0.6) is 0 Å². The Labute approximate surface area is 162 Å². The van der Waals surface area contributed by atoms with Crippen LogP contribution in [0.15, 0.2) is 95.1 Å². The third-order valence-electron chi connectivity index (χ3n) is 4.41. The van der Waals surface area contributed by atoms with E-state index in [0.717, 1.165) is 21.6 Å². The van der Waals surface area contributed by atoms with Crippen molar-refractivity contribution in [3.8, 4) is 11.1 Å². The summed E-state index contributed by atoms with van der Waals surface area (Å²) < 4.78 is 5.17. The Kier molecular flexibility index (Phi) is 5.17. The molecule has 2 aromatic heterocycles. The van der Waals surface area contributed by atoms with E-state index in [1.807, 2.05) is 64.9 Å². The summed E-state index contributed by atoms with van der Waals surface area (Å²) in [6, 6.07) is 23.9. The van der Waals surface area contributed by atoms with Crippen molar-refractivity contribution in [3.05, 3.63) is 107 Å². The maximum absolute atomic E-state index is 13.1. The molecule has 0 atom stereocenters. The fourth-order valence-corrected chi connectivity index (χ4v) is 3.73. The molecule has 0 N–H and O–H groups in total. The van der Waals surface area contributed by atoms with Gasteiger partial charge in [0, 0.05) is 22.5 Å². The average molecular weight is 373 g/mol. The number of amides is 1. The van der Waals surface area contributed by atoms with Gasteiger partial charge in [-0.1, -0.05) is 48.5 Å². The van der Waals surface area contributed by atoms with E-state index < -0.39 is 0 Å². The van der Waals surface area contributed by atoms with Gasteiger partial charge in [0.05, 0.1) is 19.1 Å². The fourth-order valence-electron chi connectivity index (χ4n) is 3.01. The van der Waals surface area contributed by atoms with Gasteiger partial charge in [-0.25, -0.2) is 0 Å². The lowest BCUT2D eigenvalue weighted by Gasteiger charge is -2.22. The molecule has 2 aromatic carbocycles. The molecule has 0 aliphatic rings. The van der Waals surface area contributed by atoms with E-state index in [9.17, 15) is 4.79 Å². The summed E-state index contributed by atoms with van der Waals surface area (Å²) in [4.78, 5) is 16.2. The van der Waals surface area contributed by atoms with Gasteiger partial charge in [0.15, 0.2) is 0 Å². The lowest BCUT2D eigenvalue weighted by molar-refractivity contribution is 0.0731. The topological polar surface area (TPSA) is 33.5 Å². The fraction of sp³-hybridized carbons (Fsp3) is 0.0870. The van der Waals surface area contributed by atoms with Gasteiger partial charge in [0.1, 0.15) is 0 Å². The van der Waals surface area contributed by atoms with Crippen LogP contribution in [0, 0.1) is 0 Å². The maximum atomic E-state index is 13.1. The molecule has 0 fully saturated rings. The van der Waals surface area contributed by atoms with E-state index in [1.54, 1.807) is 23.9 Å². The average Bonchev–Trinajstić information content (AvgIpc) is 3.42. The van der Waals surface area contributed by atoms with Crippen molar-refractivity contribution in [2.75, 3.05) is 0 Å². The quantitative estimate of drug-likeness (QED) is 0.425. The molecule has 0 saturated heterocycles. The molecule has 0 aliphatic carbocycles. The number of carbonyl (C=O) groups is 1. The first-order chi connectivity index (χ1) is 13.3. The summed E-state index contributed by atoms with van der Waals surface area (Å²) in [6.07, 6.45) is 3.32. The second-order valence-corrected chi connectivity index (χ2v) is 7.35. The highest BCUT2D eigenvalue weighted by molar-refractivity contribution is 7.09. The molecule has 134 valence electrons. The van der Waals surface area contributed by atoms with Crippen LogP contribution in [0.2, 0.25) is 0 Å². The van der Waals surface area contributed by atoms with Crippen LogP contribution in [0.1, 0.15) is 20.8 Å². The number of benzene rings is 2. The van der Waals surface area contributed by atoms with Crippen LogP contribution in [0.3, 0.4) is 0 Å². The van der Waals surface area contributed by atoms with Crippen molar-refractivity contribution in [2.45, 2.75) is 13.1 Å². The number of hydrogen-bond acceptors (Lipinski definition) is 3. The lowest BCUT2D eigenvalue weighted by Crippen LogP contribution is -2.29. The monoisotopic (exact) mass is 373 g/mol. The molecule has 0 aliphatic heterocycles. The van der Waals surface area contributed by atoms with Crippen LogP contribution in [-0.2, 0) is 13.1 Å². The number of nitrogens with zero attached hydrogens (tertiary/aromatic N) is 1. The van der Waals surface area contributed by atoms with Gasteiger partial charge in [-0.15, -0.1) is 11.3 Å². The molecule has 27 heavy (non-hydrogen) atoms. The van der Waals surface area contributed by atoms with Crippen LogP contribution in [0.4, 0.5) is 0 Å². The third-order valence-corrected chi connectivity index (χ3v) is 5.27. The molecule has 1 amide bonds. The maximum Gasteiger partial charge on any atom is 0.254 e. The van der Waals surface area contributed by atoms with Crippen molar-refractivity contribution in [1.29, 1.82) is 0 Å². The van der Waals surface area contributed by atoms with E-state index >= 15 is 0 Å². The van der Waals surface area contributed by atoms with Gasteiger partial charge in [0.2, 0.25) is 0 Å². The molecular formula is C23H19NO2S. The molecule has 2 heterocycles. The minimum atomic E-state index is 0.0178. The van der Waals surface area contributed by atoms with Crippen LogP contribution >= 0.6 is 11.3 Å². The van der Waals surface area contributed by atoms with Gasteiger partial charge in [0.25, 0.3) is 5.91 Å². The standard InChI is InChI=1S/C23H19NO2S/c25-23(21-10-8-20(9-11-21)19-5-2-1-3-6-19)24(15-18-12-13-26-17-18)16-22-7-4-14-27-22/h1-14,17H,15-16H2. The van der Waals surface area contributed by atoms with Crippen LogP contribution in [-0.4, -0.2) is 10.8 Å². The Bertz CT molecular complexity index is 939. The molecule has 0 bridgehead atoms. The largest absolute Gasteiger partial charge is 0.472 e. The third kappa shape index (κ3) is 4.18. The SMILES string of the molecule is O=C(c1ccc(-c2ccccc2)cc1)N(Cc1ccoc1)Cc1cccs1. The molecule has 3 nitrogen and oxygen atoms in total. The molecule has 4 rings (SSSR count). The zero-order valence-corrected chi connectivity index (χ0v) is 15.6. The Balaban J connectivity index is 1.56. The van der Waals surface area contributed by atoms with Crippen molar-refractivity contribution in [3.63, 3.8) is 0 Å². The van der Waals surface area contributed by atoms with Crippen molar-refractivity contribution < 1.29 is 9.21 Å². The smallest absolute Gasteiger partial charge is 0.254 e. The highest BCUT2D eigenvalue weighted by Gasteiger charge is 2.18. The Morgan fingerprint density at radius 2 is 1.63 bits per heavy atom. The second kappa shape index (κ2) is 8.06. The van der Waals surface area contributed by atoms with Crippen LogP contribution < -0.4 is 0 Å². The number of carbonyl (C=O) groups excluding carboxylic acids is 1. The number of furan rings is 1. The minimum Gasteiger partial charge on any atom is -0.472 e. The molecule has 0 unspecified atom stereocenters. The van der Waals surface area contributed by atoms with E-state index in [-0.39, 0.29) is 5.91 Å². The highest BCUT2D eigenvalue weighted by Crippen LogP contribution is 2.22. The van der Waals surface area contributed by atoms with Crippen molar-refractivity contribution >= 4 is 17.2 Å². The van der Waals surface area contributed by atoms with Gasteiger partial charge < -0.3 is 9.32 Å². The lowest BCUT2D eigenvalue weighted by atomic mass is 10.0. The Morgan fingerprint density at radius 1 is 0.852 bits per heavy atom. The summed E-state index contributed by atoms with van der Waals surface area (Å²) in [6.45, 7) is 1.11. The van der Waals surface area contributed by atoms with E-state index in [2.05, 4.69) is 18.2 Å². The predicted octanol–water partition coefficient (Wildman–Crippen LogP) is 5.85. The Morgan fingerprint density at radius 3 is 2.30 bits per heavy atom.